The fraction of sp³-hybridized carbons (Fsp3) is 0.102. The Kier molecular flexibility index (Phi) is 7.29. The molecule has 0 saturated heterocycles. The summed E-state index contributed by atoms with van der Waals surface area (Å²) in [6, 6.07) is 62.2. The maximum atomic E-state index is 2.41. The maximum absolute atomic E-state index is 2.41. The molecule has 2 nitrogen and oxygen atoms in total. The van der Waals surface area contributed by atoms with Crippen molar-refractivity contribution in [2.24, 2.45) is 0 Å². The summed E-state index contributed by atoms with van der Waals surface area (Å²) in [4.78, 5) is 4.74. The van der Waals surface area contributed by atoms with Gasteiger partial charge in [0.2, 0.25) is 0 Å². The number of aryl methyl sites for hydroxylation is 1. The lowest BCUT2D eigenvalue weighted by Gasteiger charge is -2.30. The molecule has 0 heterocycles. The fourth-order valence-corrected chi connectivity index (χ4v) is 7.60. The van der Waals surface area contributed by atoms with E-state index in [0.717, 1.165) is 28.4 Å². The Morgan fingerprint density at radius 2 is 0.765 bits per heavy atom. The smallest absolute Gasteiger partial charge is 0.0493 e. The second-order valence-electron chi connectivity index (χ2n) is 14.8. The maximum Gasteiger partial charge on any atom is 0.0493 e. The SMILES string of the molecule is Cc1ccc(C(C)(C)C)cc1N(c1ccccc1)c1ccc2cc3c(cc2c1)-c1cc2ccc(N(c4ccccc4)c4ccccc4)cc2cc1-3. The highest BCUT2D eigenvalue weighted by Crippen LogP contribution is 2.51. The zero-order chi connectivity index (χ0) is 34.7. The quantitative estimate of drug-likeness (QED) is 0.176. The van der Waals surface area contributed by atoms with Crippen molar-refractivity contribution in [2.45, 2.75) is 33.1 Å². The van der Waals surface area contributed by atoms with Crippen LogP contribution in [-0.4, -0.2) is 0 Å². The van der Waals surface area contributed by atoms with Crippen molar-refractivity contribution >= 4 is 55.7 Å². The van der Waals surface area contributed by atoms with Gasteiger partial charge in [-0.15, -0.1) is 0 Å². The third-order valence-electron chi connectivity index (χ3n) is 10.4. The zero-order valence-corrected chi connectivity index (χ0v) is 29.6. The summed E-state index contributed by atoms with van der Waals surface area (Å²) < 4.78 is 0. The molecular formula is C49H40N2. The topological polar surface area (TPSA) is 6.48 Å². The predicted octanol–water partition coefficient (Wildman–Crippen LogP) is 14.2. The predicted molar refractivity (Wildman–Crippen MR) is 219 cm³/mol. The summed E-state index contributed by atoms with van der Waals surface area (Å²) in [5, 5.41) is 5.00. The van der Waals surface area contributed by atoms with Crippen molar-refractivity contribution in [1.29, 1.82) is 0 Å². The molecule has 0 bridgehead atoms. The molecule has 2 heteroatoms. The molecule has 0 atom stereocenters. The Morgan fingerprint density at radius 3 is 1.22 bits per heavy atom. The summed E-state index contributed by atoms with van der Waals surface area (Å²) in [7, 11) is 0. The van der Waals surface area contributed by atoms with Gasteiger partial charge in [0, 0.05) is 34.1 Å². The van der Waals surface area contributed by atoms with Crippen LogP contribution in [0.25, 0.3) is 43.8 Å². The van der Waals surface area contributed by atoms with E-state index in [1.54, 1.807) is 0 Å². The lowest BCUT2D eigenvalue weighted by atomic mass is 9.78. The van der Waals surface area contributed by atoms with Crippen molar-refractivity contribution in [3.05, 3.63) is 181 Å². The highest BCUT2D eigenvalue weighted by Gasteiger charge is 2.25. The molecule has 0 spiro atoms. The molecule has 8 aromatic carbocycles. The Morgan fingerprint density at radius 1 is 0.353 bits per heavy atom. The first-order chi connectivity index (χ1) is 24.8. The number of fused-ring (bicyclic) bond motifs is 6. The minimum atomic E-state index is 0.0544. The van der Waals surface area contributed by atoms with Crippen LogP contribution < -0.4 is 9.80 Å². The van der Waals surface area contributed by atoms with Crippen LogP contribution in [0.2, 0.25) is 0 Å². The molecule has 8 aromatic rings. The van der Waals surface area contributed by atoms with Crippen LogP contribution in [0.15, 0.2) is 170 Å². The summed E-state index contributed by atoms with van der Waals surface area (Å²) in [5.74, 6) is 0. The minimum Gasteiger partial charge on any atom is -0.310 e. The van der Waals surface area contributed by atoms with Gasteiger partial charge in [0.1, 0.15) is 0 Å². The van der Waals surface area contributed by atoms with E-state index in [4.69, 9.17) is 0 Å². The van der Waals surface area contributed by atoms with Gasteiger partial charge in [-0.25, -0.2) is 0 Å². The van der Waals surface area contributed by atoms with Crippen molar-refractivity contribution in [3.63, 3.8) is 0 Å². The number of hydrogen-bond acceptors (Lipinski definition) is 2. The van der Waals surface area contributed by atoms with Crippen molar-refractivity contribution in [1.82, 2.24) is 0 Å². The van der Waals surface area contributed by atoms with Gasteiger partial charge in [-0.2, -0.15) is 0 Å². The number of hydrogen-bond donors (Lipinski definition) is 0. The highest BCUT2D eigenvalue weighted by atomic mass is 15.1. The van der Waals surface area contributed by atoms with Gasteiger partial charge in [-0.3, -0.25) is 0 Å². The molecule has 246 valence electrons. The number of anilines is 6. The molecule has 0 radical (unpaired) electrons. The molecule has 1 aliphatic rings. The summed E-state index contributed by atoms with van der Waals surface area (Å²) in [5.41, 5.74) is 14.9. The molecule has 0 unspecified atom stereocenters. The molecule has 0 amide bonds. The van der Waals surface area contributed by atoms with Crippen molar-refractivity contribution in [2.75, 3.05) is 9.80 Å². The molecule has 0 N–H and O–H groups in total. The summed E-state index contributed by atoms with van der Waals surface area (Å²) in [6.07, 6.45) is 0. The van der Waals surface area contributed by atoms with E-state index >= 15 is 0 Å². The van der Waals surface area contributed by atoms with E-state index in [-0.39, 0.29) is 5.41 Å². The largest absolute Gasteiger partial charge is 0.310 e. The van der Waals surface area contributed by atoms with E-state index in [0.29, 0.717) is 0 Å². The van der Waals surface area contributed by atoms with Crippen molar-refractivity contribution < 1.29 is 0 Å². The monoisotopic (exact) mass is 656 g/mol. The van der Waals surface area contributed by atoms with Crippen LogP contribution >= 0.6 is 0 Å². The molecule has 0 aliphatic heterocycles. The van der Waals surface area contributed by atoms with E-state index in [1.807, 2.05) is 0 Å². The molecule has 0 aromatic heterocycles. The first-order valence-corrected chi connectivity index (χ1v) is 17.8. The number of benzene rings is 8. The van der Waals surface area contributed by atoms with Crippen LogP contribution in [0, 0.1) is 6.92 Å². The summed E-state index contributed by atoms with van der Waals surface area (Å²) in [6.45, 7) is 9.07. The Balaban J connectivity index is 1.12. The molecule has 1 aliphatic carbocycles. The third kappa shape index (κ3) is 5.45. The van der Waals surface area contributed by atoms with Gasteiger partial charge < -0.3 is 9.80 Å². The highest BCUT2D eigenvalue weighted by molar-refractivity contribution is 6.12. The van der Waals surface area contributed by atoms with Crippen molar-refractivity contribution in [3.8, 4) is 22.3 Å². The third-order valence-corrected chi connectivity index (χ3v) is 10.4. The standard InChI is InChI=1S/C49H40N2/c1-33-20-23-38(49(2,3)4)32-48(33)51(41-18-12-7-13-19-41)43-25-22-35-29-45-46-30-36-26-42(24-21-34(36)28-44(46)47(45)31-37(35)27-43)50(39-14-8-5-9-15-39)40-16-10-6-11-17-40/h5-32H,1-4H3. The minimum absolute atomic E-state index is 0.0544. The van der Waals surface area contributed by atoms with E-state index in [9.17, 15) is 0 Å². The van der Waals surface area contributed by atoms with Crippen LogP contribution in [0.5, 0.6) is 0 Å². The summed E-state index contributed by atoms with van der Waals surface area (Å²) >= 11 is 0. The molecule has 51 heavy (non-hydrogen) atoms. The Labute approximate surface area is 300 Å². The molecule has 0 saturated carbocycles. The fourth-order valence-electron chi connectivity index (χ4n) is 7.60. The molecular weight excluding hydrogens is 617 g/mol. The number of rotatable bonds is 6. The second-order valence-corrected chi connectivity index (χ2v) is 14.8. The first-order valence-electron chi connectivity index (χ1n) is 17.8. The lowest BCUT2D eigenvalue weighted by Crippen LogP contribution is -2.15. The Bertz CT molecular complexity index is 2520. The molecule has 9 rings (SSSR count). The number of nitrogens with zero attached hydrogens (tertiary/aromatic N) is 2. The van der Waals surface area contributed by atoms with Gasteiger partial charge in [0.05, 0.1) is 0 Å². The van der Waals surface area contributed by atoms with Gasteiger partial charge in [0.15, 0.2) is 0 Å². The van der Waals surface area contributed by atoms with E-state index in [2.05, 4.69) is 207 Å². The average Bonchev–Trinajstić information content (AvgIpc) is 3.15. The van der Waals surface area contributed by atoms with Crippen LogP contribution in [0.4, 0.5) is 34.1 Å². The normalized spacial score (nSPS) is 11.9. The second kappa shape index (κ2) is 12.0. The van der Waals surface area contributed by atoms with E-state index < -0.39 is 0 Å². The Hall–Kier alpha value is -6.12. The number of para-hydroxylation sites is 3. The van der Waals surface area contributed by atoms with Crippen LogP contribution in [0.1, 0.15) is 31.9 Å². The first kappa shape index (κ1) is 30.9. The lowest BCUT2D eigenvalue weighted by molar-refractivity contribution is 0.590. The van der Waals surface area contributed by atoms with Gasteiger partial charge in [0.25, 0.3) is 0 Å². The van der Waals surface area contributed by atoms with Gasteiger partial charge >= 0.3 is 0 Å². The zero-order valence-electron chi connectivity index (χ0n) is 29.6. The van der Waals surface area contributed by atoms with Crippen LogP contribution in [-0.2, 0) is 5.41 Å². The molecule has 0 fully saturated rings. The van der Waals surface area contributed by atoms with Gasteiger partial charge in [-0.1, -0.05) is 99.6 Å². The average molecular weight is 657 g/mol. The van der Waals surface area contributed by atoms with Crippen LogP contribution in [0.3, 0.4) is 0 Å². The van der Waals surface area contributed by atoms with Gasteiger partial charge in [-0.05, 0) is 158 Å². The van der Waals surface area contributed by atoms with E-state index in [1.165, 1.54) is 60.6 Å².